The van der Waals surface area contributed by atoms with Crippen molar-refractivity contribution in [2.45, 2.75) is 33.3 Å². The lowest BCUT2D eigenvalue weighted by atomic mass is 10.2. The molecule has 106 valence electrons. The van der Waals surface area contributed by atoms with Crippen LogP contribution in [0.4, 0.5) is 0 Å². The van der Waals surface area contributed by atoms with Gasteiger partial charge in [0.25, 0.3) is 0 Å². The number of hydrogen-bond donors (Lipinski definition) is 1. The number of thioether (sulfide) groups is 1. The normalized spacial score (nSPS) is 19.4. The first-order chi connectivity index (χ1) is 9.02. The number of nitrogens with one attached hydrogen (secondary N) is 1. The third kappa shape index (κ3) is 6.01. The van der Waals surface area contributed by atoms with Gasteiger partial charge in [0.15, 0.2) is 5.17 Å². The molecule has 0 aliphatic carbocycles. The summed E-state index contributed by atoms with van der Waals surface area (Å²) in [6.07, 6.45) is 7.42. The van der Waals surface area contributed by atoms with Gasteiger partial charge in [0, 0.05) is 19.5 Å². The number of hydrogen-bond acceptors (Lipinski definition) is 3. The van der Waals surface area contributed by atoms with Crippen molar-refractivity contribution >= 4 is 16.9 Å². The van der Waals surface area contributed by atoms with Crippen LogP contribution >= 0.6 is 11.8 Å². The second-order valence-electron chi connectivity index (χ2n) is 4.76. The van der Waals surface area contributed by atoms with Crippen LogP contribution in [-0.4, -0.2) is 24.9 Å². The predicted octanol–water partition coefficient (Wildman–Crippen LogP) is 3.71. The second-order valence-corrected chi connectivity index (χ2v) is 5.87. The first-order valence-corrected chi connectivity index (χ1v) is 7.44. The summed E-state index contributed by atoms with van der Waals surface area (Å²) < 4.78 is 5.70. The Hall–Kier alpha value is -1.16. The van der Waals surface area contributed by atoms with Gasteiger partial charge in [-0.05, 0) is 24.3 Å². The van der Waals surface area contributed by atoms with E-state index in [0.717, 1.165) is 23.9 Å². The summed E-state index contributed by atoms with van der Waals surface area (Å²) in [6.45, 7) is 11.0. The summed E-state index contributed by atoms with van der Waals surface area (Å²) >= 11 is 1.69. The Kier molecular flexibility index (Phi) is 6.78. The van der Waals surface area contributed by atoms with Gasteiger partial charge in [-0.25, -0.2) is 0 Å². The van der Waals surface area contributed by atoms with Crippen molar-refractivity contribution in [1.82, 2.24) is 5.32 Å². The summed E-state index contributed by atoms with van der Waals surface area (Å²) in [5.74, 6) is 1.20. The Balaban J connectivity index is 2.37. The number of amidine groups is 1. The van der Waals surface area contributed by atoms with Gasteiger partial charge >= 0.3 is 0 Å². The van der Waals surface area contributed by atoms with Crippen LogP contribution in [0.1, 0.15) is 27.2 Å². The van der Waals surface area contributed by atoms with E-state index < -0.39 is 0 Å². The lowest BCUT2D eigenvalue weighted by molar-refractivity contribution is 0.148. The minimum atomic E-state index is 0.0709. The molecular formula is C15H24N2OS. The molecule has 4 heteroatoms. The van der Waals surface area contributed by atoms with Crippen LogP contribution in [0.5, 0.6) is 0 Å². The lowest BCUT2D eigenvalue weighted by Gasteiger charge is -2.16. The van der Waals surface area contributed by atoms with Crippen LogP contribution < -0.4 is 5.32 Å². The number of rotatable bonds is 6. The molecule has 0 saturated heterocycles. The molecule has 19 heavy (non-hydrogen) atoms. The molecule has 1 aliphatic heterocycles. The molecule has 0 aromatic rings. The maximum absolute atomic E-state index is 5.70. The highest BCUT2D eigenvalue weighted by atomic mass is 32.2. The summed E-state index contributed by atoms with van der Waals surface area (Å²) in [5.41, 5.74) is 0. The van der Waals surface area contributed by atoms with Crippen molar-refractivity contribution in [3.8, 4) is 0 Å². The fourth-order valence-electron chi connectivity index (χ4n) is 1.49. The van der Waals surface area contributed by atoms with E-state index in [4.69, 9.17) is 4.74 Å². The standard InChI is InChI=1S/C15H24N2OS/c1-11(2)13(4)18-12(3)7-6-8-14-9-10-17-15(16-5)19-14/h6-7,9,11-12H,4,8,10H2,1-3,5H3,(H,16,17)/b7-6+/t12-/m1/s1. The molecule has 1 aliphatic rings. The number of aliphatic imine (C=N–C) groups is 1. The summed E-state index contributed by atoms with van der Waals surface area (Å²) in [6, 6.07) is 0. The van der Waals surface area contributed by atoms with Crippen molar-refractivity contribution in [2.75, 3.05) is 13.6 Å². The van der Waals surface area contributed by atoms with Crippen molar-refractivity contribution in [1.29, 1.82) is 0 Å². The molecule has 1 atom stereocenters. The molecule has 1 N–H and O–H groups in total. The maximum Gasteiger partial charge on any atom is 0.161 e. The Morgan fingerprint density at radius 1 is 1.58 bits per heavy atom. The predicted molar refractivity (Wildman–Crippen MR) is 85.3 cm³/mol. The van der Waals surface area contributed by atoms with Crippen LogP contribution in [0.25, 0.3) is 0 Å². The van der Waals surface area contributed by atoms with E-state index in [9.17, 15) is 0 Å². The van der Waals surface area contributed by atoms with Gasteiger partial charge in [-0.15, -0.1) is 0 Å². The van der Waals surface area contributed by atoms with Gasteiger partial charge in [-0.1, -0.05) is 44.3 Å². The van der Waals surface area contributed by atoms with Gasteiger partial charge in [-0.3, -0.25) is 4.99 Å². The molecule has 0 bridgehead atoms. The highest BCUT2D eigenvalue weighted by molar-refractivity contribution is 8.17. The monoisotopic (exact) mass is 280 g/mol. The Morgan fingerprint density at radius 2 is 2.32 bits per heavy atom. The minimum absolute atomic E-state index is 0.0709. The quantitative estimate of drug-likeness (QED) is 0.595. The zero-order valence-electron chi connectivity index (χ0n) is 12.3. The van der Waals surface area contributed by atoms with E-state index in [1.54, 1.807) is 11.8 Å². The topological polar surface area (TPSA) is 33.6 Å². The summed E-state index contributed by atoms with van der Waals surface area (Å²) in [5, 5.41) is 4.20. The highest BCUT2D eigenvalue weighted by Crippen LogP contribution is 2.23. The minimum Gasteiger partial charge on any atom is -0.491 e. The van der Waals surface area contributed by atoms with Crippen LogP contribution in [0, 0.1) is 5.92 Å². The van der Waals surface area contributed by atoms with Crippen molar-refractivity contribution in [3.63, 3.8) is 0 Å². The second kappa shape index (κ2) is 8.10. The largest absolute Gasteiger partial charge is 0.491 e. The SMILES string of the molecule is C=C(O[C@H](C)/C=C/CC1=CCNC(=NC)S1)C(C)C. The fraction of sp³-hybridized carbons (Fsp3) is 0.533. The molecular weight excluding hydrogens is 256 g/mol. The van der Waals surface area contributed by atoms with Crippen molar-refractivity contribution in [3.05, 3.63) is 35.5 Å². The van der Waals surface area contributed by atoms with E-state index >= 15 is 0 Å². The van der Waals surface area contributed by atoms with E-state index in [2.05, 4.69) is 49.0 Å². The molecule has 0 unspecified atom stereocenters. The molecule has 0 radical (unpaired) electrons. The summed E-state index contributed by atoms with van der Waals surface area (Å²) in [7, 11) is 1.81. The van der Waals surface area contributed by atoms with E-state index in [-0.39, 0.29) is 6.10 Å². The Morgan fingerprint density at radius 3 is 2.95 bits per heavy atom. The zero-order chi connectivity index (χ0) is 14.3. The van der Waals surface area contributed by atoms with Gasteiger partial charge < -0.3 is 10.1 Å². The summed E-state index contributed by atoms with van der Waals surface area (Å²) in [4.78, 5) is 5.49. The van der Waals surface area contributed by atoms with Gasteiger partial charge in [0.05, 0.1) is 5.76 Å². The van der Waals surface area contributed by atoms with Crippen LogP contribution in [0.2, 0.25) is 0 Å². The third-order valence-corrected chi connectivity index (χ3v) is 3.84. The first-order valence-electron chi connectivity index (χ1n) is 6.62. The molecule has 3 nitrogen and oxygen atoms in total. The molecule has 0 aromatic heterocycles. The number of ether oxygens (including phenoxy) is 1. The van der Waals surface area contributed by atoms with Gasteiger partial charge in [-0.2, -0.15) is 0 Å². The first kappa shape index (κ1) is 15.9. The molecule has 0 spiro atoms. The molecule has 1 heterocycles. The van der Waals surface area contributed by atoms with Crippen molar-refractivity contribution < 1.29 is 4.74 Å². The molecule has 0 fully saturated rings. The average Bonchev–Trinajstić information content (AvgIpc) is 2.38. The van der Waals surface area contributed by atoms with Crippen LogP contribution in [0.15, 0.2) is 40.5 Å². The Bertz CT molecular complexity index is 397. The van der Waals surface area contributed by atoms with Gasteiger partial charge in [0.2, 0.25) is 0 Å². The lowest BCUT2D eigenvalue weighted by Crippen LogP contribution is -2.23. The van der Waals surface area contributed by atoms with Crippen LogP contribution in [-0.2, 0) is 4.74 Å². The fourth-order valence-corrected chi connectivity index (χ4v) is 2.34. The van der Waals surface area contributed by atoms with Gasteiger partial charge in [0.1, 0.15) is 6.10 Å². The zero-order valence-corrected chi connectivity index (χ0v) is 13.1. The van der Waals surface area contributed by atoms with E-state index in [1.807, 2.05) is 14.0 Å². The Labute approximate surface area is 120 Å². The average molecular weight is 280 g/mol. The third-order valence-electron chi connectivity index (χ3n) is 2.72. The molecule has 0 saturated carbocycles. The van der Waals surface area contributed by atoms with Crippen LogP contribution in [0.3, 0.4) is 0 Å². The van der Waals surface area contributed by atoms with Crippen molar-refractivity contribution in [2.24, 2.45) is 10.9 Å². The highest BCUT2D eigenvalue weighted by Gasteiger charge is 2.08. The van der Waals surface area contributed by atoms with E-state index in [1.165, 1.54) is 4.91 Å². The molecule has 0 aromatic carbocycles. The smallest absolute Gasteiger partial charge is 0.161 e. The number of nitrogens with zero attached hydrogens (tertiary/aromatic N) is 1. The van der Waals surface area contributed by atoms with E-state index in [0.29, 0.717) is 5.92 Å². The molecule has 0 amide bonds. The number of allylic oxidation sites excluding steroid dienone is 3. The molecule has 1 rings (SSSR count). The maximum atomic E-state index is 5.70.